The molecule has 0 unspecified atom stereocenters. The van der Waals surface area contributed by atoms with Crippen molar-refractivity contribution in [3.63, 3.8) is 0 Å². The molecule has 6 heterocycles. The molecule has 1 atom stereocenters. The van der Waals surface area contributed by atoms with Gasteiger partial charge in [0.05, 0.1) is 24.7 Å². The fourth-order valence-electron chi connectivity index (χ4n) is 7.73. The Bertz CT molecular complexity index is 2970. The van der Waals surface area contributed by atoms with Crippen molar-refractivity contribution >= 4 is 23.3 Å². The average Bonchev–Trinajstić information content (AvgIpc) is 3.69. The lowest BCUT2D eigenvalue weighted by Gasteiger charge is -2.20. The van der Waals surface area contributed by atoms with Gasteiger partial charge in [-0.05, 0) is 91.8 Å². The van der Waals surface area contributed by atoms with E-state index in [4.69, 9.17) is 4.98 Å². The fourth-order valence-corrected chi connectivity index (χ4v) is 7.73. The fraction of sp³-hybridized carbons (Fsp3) is 0.255. The van der Waals surface area contributed by atoms with Crippen LogP contribution in [0.25, 0.3) is 22.9 Å². The lowest BCUT2D eigenvalue weighted by atomic mass is 10.1. The molecule has 9 rings (SSSR count). The van der Waals surface area contributed by atoms with Crippen molar-refractivity contribution < 1.29 is 22.8 Å². The molecule has 5 N–H and O–H groups in total. The first-order valence-corrected chi connectivity index (χ1v) is 22.0. The first kappa shape index (κ1) is 44.8. The predicted octanol–water partition coefficient (Wildman–Crippen LogP) is 7.04. The molecule has 1 aliphatic carbocycles. The van der Waals surface area contributed by atoms with E-state index in [2.05, 4.69) is 71.1 Å². The molecule has 68 heavy (non-hydrogen) atoms. The molecule has 1 aliphatic rings. The quantitative estimate of drug-likeness (QED) is 0.0485. The first-order valence-electron chi connectivity index (χ1n) is 22.0. The molecule has 6 aromatic heterocycles. The summed E-state index contributed by atoms with van der Waals surface area (Å²) >= 11 is 0. The van der Waals surface area contributed by atoms with Gasteiger partial charge in [-0.2, -0.15) is 18.3 Å². The van der Waals surface area contributed by atoms with Crippen molar-refractivity contribution in [2.24, 2.45) is 5.92 Å². The molecule has 1 fully saturated rings. The Balaban J connectivity index is 0.809. The molecule has 1 saturated carbocycles. The van der Waals surface area contributed by atoms with Gasteiger partial charge in [0, 0.05) is 79.2 Å². The summed E-state index contributed by atoms with van der Waals surface area (Å²) in [5.74, 6) is 3.06. The lowest BCUT2D eigenvalue weighted by molar-refractivity contribution is -0.138. The summed E-state index contributed by atoms with van der Waals surface area (Å²) in [6.45, 7) is 1.47. The molecule has 346 valence electrons. The smallest absolute Gasteiger partial charge is 0.378 e. The summed E-state index contributed by atoms with van der Waals surface area (Å²) in [4.78, 5) is 52.9. The molecule has 0 radical (unpaired) electrons. The Kier molecular flexibility index (Phi) is 13.5. The van der Waals surface area contributed by atoms with Gasteiger partial charge in [-0.15, -0.1) is 10.2 Å². The molecule has 0 saturated heterocycles. The Hall–Kier alpha value is -8.36. The minimum absolute atomic E-state index is 0.0405. The van der Waals surface area contributed by atoms with Gasteiger partial charge in [0.2, 0.25) is 0 Å². The number of anilines is 2. The van der Waals surface area contributed by atoms with E-state index in [9.17, 15) is 22.8 Å². The number of nitrogens with one attached hydrogen (secondary N) is 5. The van der Waals surface area contributed by atoms with Crippen molar-refractivity contribution in [1.82, 2.24) is 70.1 Å². The molecule has 0 bridgehead atoms. The maximum atomic E-state index is 13.8. The zero-order valence-corrected chi connectivity index (χ0v) is 36.4. The molecular formula is C47H45F3N16O2. The Morgan fingerprint density at radius 3 is 2.43 bits per heavy atom. The number of H-pyrrole nitrogens is 1. The maximum absolute atomic E-state index is 13.8. The van der Waals surface area contributed by atoms with Crippen molar-refractivity contribution in [3.05, 3.63) is 162 Å². The zero-order valence-electron chi connectivity index (χ0n) is 36.4. The van der Waals surface area contributed by atoms with Crippen LogP contribution in [0, 0.1) is 5.92 Å². The van der Waals surface area contributed by atoms with Crippen molar-refractivity contribution in [1.29, 1.82) is 0 Å². The second-order valence-electron chi connectivity index (χ2n) is 16.1. The van der Waals surface area contributed by atoms with Crippen LogP contribution in [0.4, 0.5) is 24.7 Å². The molecular weight excluding hydrogens is 878 g/mol. The summed E-state index contributed by atoms with van der Waals surface area (Å²) in [7, 11) is 0. The second-order valence-corrected chi connectivity index (χ2v) is 16.1. The van der Waals surface area contributed by atoms with Crippen LogP contribution >= 0.6 is 0 Å². The van der Waals surface area contributed by atoms with Crippen LogP contribution in [-0.4, -0.2) is 71.2 Å². The summed E-state index contributed by atoms with van der Waals surface area (Å²) < 4.78 is 44.6. The van der Waals surface area contributed by atoms with Crippen molar-refractivity contribution in [2.45, 2.75) is 70.6 Å². The third-order valence-electron chi connectivity index (χ3n) is 11.3. The highest BCUT2D eigenvalue weighted by Gasteiger charge is 2.36. The molecule has 2 aromatic carbocycles. The molecule has 0 spiro atoms. The van der Waals surface area contributed by atoms with E-state index in [1.807, 2.05) is 41.1 Å². The predicted molar refractivity (Wildman–Crippen MR) is 243 cm³/mol. The molecule has 18 nitrogen and oxygen atoms in total. The Labute approximate surface area is 387 Å². The maximum Gasteiger partial charge on any atom is 0.416 e. The third kappa shape index (κ3) is 11.0. The lowest BCUT2D eigenvalue weighted by Crippen LogP contribution is -2.32. The minimum Gasteiger partial charge on any atom is -0.378 e. The summed E-state index contributed by atoms with van der Waals surface area (Å²) in [6.07, 6.45) is 10.5. The highest BCUT2D eigenvalue weighted by atomic mass is 19.4. The van der Waals surface area contributed by atoms with Crippen LogP contribution in [0.2, 0.25) is 0 Å². The van der Waals surface area contributed by atoms with E-state index in [1.165, 1.54) is 42.9 Å². The van der Waals surface area contributed by atoms with E-state index in [0.29, 0.717) is 60.0 Å². The van der Waals surface area contributed by atoms with Crippen LogP contribution in [0.1, 0.15) is 81.0 Å². The number of rotatable bonds is 20. The normalized spacial score (nSPS) is 12.9. The van der Waals surface area contributed by atoms with Gasteiger partial charge in [0.1, 0.15) is 29.5 Å². The number of halogens is 3. The largest absolute Gasteiger partial charge is 0.416 e. The van der Waals surface area contributed by atoms with Gasteiger partial charge in [0.15, 0.2) is 17.5 Å². The number of amides is 2. The number of pyridine rings is 2. The highest BCUT2D eigenvalue weighted by Crippen LogP contribution is 2.41. The van der Waals surface area contributed by atoms with E-state index < -0.39 is 17.6 Å². The number of alkyl halides is 3. The monoisotopic (exact) mass is 922 g/mol. The Morgan fingerprint density at radius 1 is 0.779 bits per heavy atom. The molecule has 21 heteroatoms. The number of nitrogens with zero attached hydrogens (tertiary/aromatic N) is 11. The second kappa shape index (κ2) is 20.4. The van der Waals surface area contributed by atoms with Crippen molar-refractivity contribution in [2.75, 3.05) is 10.6 Å². The molecule has 0 aliphatic heterocycles. The third-order valence-corrected chi connectivity index (χ3v) is 11.3. The Morgan fingerprint density at radius 2 is 1.60 bits per heavy atom. The van der Waals surface area contributed by atoms with E-state index >= 15 is 0 Å². The van der Waals surface area contributed by atoms with E-state index in [1.54, 1.807) is 36.9 Å². The summed E-state index contributed by atoms with van der Waals surface area (Å²) in [5.41, 5.74) is 2.11. The number of hydrogen-bond donors (Lipinski definition) is 5. The van der Waals surface area contributed by atoms with Crippen LogP contribution in [-0.2, 0) is 38.9 Å². The summed E-state index contributed by atoms with van der Waals surface area (Å²) in [5, 5.41) is 28.6. The van der Waals surface area contributed by atoms with Gasteiger partial charge >= 0.3 is 6.18 Å². The number of imidazole rings is 1. The average molecular weight is 923 g/mol. The van der Waals surface area contributed by atoms with Crippen LogP contribution < -0.4 is 21.3 Å². The number of aryl methyl sites for hydroxylation is 1. The summed E-state index contributed by atoms with van der Waals surface area (Å²) in [6, 6.07) is 20.6. The number of carbonyl (C=O) groups excluding carboxylic acids is 2. The number of carbonyl (C=O) groups is 2. The number of aromatic amines is 1. The van der Waals surface area contributed by atoms with E-state index in [-0.39, 0.29) is 42.1 Å². The van der Waals surface area contributed by atoms with Crippen LogP contribution in [0.3, 0.4) is 0 Å². The van der Waals surface area contributed by atoms with Crippen molar-refractivity contribution in [3.8, 4) is 22.9 Å². The SMILES string of the molecule is O=C(NCc1ccccc1C(F)(F)F)c1ccnc(NCc2nnc(-c3ccncn3)n2CCCCn2ccnc2[C@@H](NC(=O)c2cccc(NCc3nc(-c4ccncc4)n[nH]3)c2)C2CC2)c1. The number of aromatic nitrogens is 12. The van der Waals surface area contributed by atoms with Crippen LogP contribution in [0.15, 0.2) is 122 Å². The van der Waals surface area contributed by atoms with Gasteiger partial charge in [0.25, 0.3) is 11.8 Å². The molecule has 2 amide bonds. The van der Waals surface area contributed by atoms with Crippen LogP contribution in [0.5, 0.6) is 0 Å². The van der Waals surface area contributed by atoms with Gasteiger partial charge in [-0.1, -0.05) is 24.3 Å². The minimum atomic E-state index is -4.55. The number of unbranched alkanes of at least 4 members (excludes halogenated alkanes) is 1. The van der Waals surface area contributed by atoms with Gasteiger partial charge in [-0.3, -0.25) is 19.7 Å². The topological polar surface area (TPSA) is 224 Å². The zero-order chi connectivity index (χ0) is 46.9. The van der Waals surface area contributed by atoms with Gasteiger partial charge in [-0.25, -0.2) is 24.9 Å². The van der Waals surface area contributed by atoms with E-state index in [0.717, 1.165) is 48.8 Å². The first-order chi connectivity index (χ1) is 33.2. The highest BCUT2D eigenvalue weighted by molar-refractivity contribution is 5.95. The molecule has 8 aromatic rings. The standard InChI is InChI=1S/C47H45F3N16O2/c48-47(49,50)36-9-2-1-6-34(36)26-57-45(67)33-14-19-53-38(25-33)56-28-40-62-64-43(37-15-18-52-29-58-37)66(40)22-4-3-21-65-23-20-54-44(65)41(30-10-11-30)60-46(68)32-7-5-8-35(24-32)55-27-39-59-42(63-61-39)31-12-16-51-17-13-31/h1-2,5-9,12-20,23-25,29-30,41,55H,3-4,10-11,21-22,26-28H2,(H,53,56)(H,57,67)(H,60,68)(H,59,61,63)/t41-/m0/s1. The van der Waals surface area contributed by atoms with Gasteiger partial charge < -0.3 is 30.4 Å². The number of hydrogen-bond acceptors (Lipinski definition) is 13. The number of benzene rings is 2.